The minimum absolute atomic E-state index is 0.136. The molecule has 31 heavy (non-hydrogen) atoms. The van der Waals surface area contributed by atoms with Crippen molar-refractivity contribution < 1.29 is 17.5 Å². The first-order chi connectivity index (χ1) is 14.9. The van der Waals surface area contributed by atoms with E-state index >= 15 is 0 Å². The summed E-state index contributed by atoms with van der Waals surface area (Å²) in [5, 5.41) is 0. The Hall–Kier alpha value is -2.46. The highest BCUT2D eigenvalue weighted by atomic mass is 32.2. The van der Waals surface area contributed by atoms with E-state index in [1.807, 2.05) is 17.9 Å². The molecule has 4 rings (SSSR count). The minimum atomic E-state index is -3.87. The van der Waals surface area contributed by atoms with Crippen LogP contribution < -0.4 is 14.5 Å². The second kappa shape index (κ2) is 8.96. The van der Waals surface area contributed by atoms with Crippen LogP contribution in [0.15, 0.2) is 29.2 Å². The average molecular weight is 450 g/mol. The lowest BCUT2D eigenvalue weighted by Gasteiger charge is -2.35. The fourth-order valence-electron chi connectivity index (χ4n) is 4.08. The van der Waals surface area contributed by atoms with Gasteiger partial charge in [0.15, 0.2) is 0 Å². The number of benzene rings is 1. The number of hydrogen-bond acceptors (Lipinski definition) is 7. The van der Waals surface area contributed by atoms with Crippen LogP contribution >= 0.6 is 0 Å². The molecule has 0 N–H and O–H groups in total. The lowest BCUT2D eigenvalue weighted by molar-refractivity contribution is 0.371. The third-order valence-corrected chi connectivity index (χ3v) is 7.69. The van der Waals surface area contributed by atoms with Crippen LogP contribution in [-0.4, -0.2) is 69.1 Å². The van der Waals surface area contributed by atoms with Crippen molar-refractivity contribution in [3.8, 4) is 5.75 Å². The molecule has 0 atom stereocenters. The fourth-order valence-corrected chi connectivity index (χ4v) is 5.67. The first-order valence-corrected chi connectivity index (χ1v) is 12.0. The maximum Gasteiger partial charge on any atom is 0.246 e. The third kappa shape index (κ3) is 4.59. The monoisotopic (exact) mass is 449 g/mol. The number of rotatable bonds is 5. The van der Waals surface area contributed by atoms with Gasteiger partial charge in [-0.1, -0.05) is 0 Å². The maximum absolute atomic E-state index is 13.7. The molecule has 0 amide bonds. The number of hydrogen-bond donors (Lipinski definition) is 0. The van der Waals surface area contributed by atoms with Crippen molar-refractivity contribution in [1.82, 2.24) is 14.3 Å². The molecule has 1 aromatic heterocycles. The van der Waals surface area contributed by atoms with Crippen molar-refractivity contribution in [2.45, 2.75) is 31.1 Å². The van der Waals surface area contributed by atoms with Gasteiger partial charge in [-0.05, 0) is 44.4 Å². The number of nitrogens with zero attached hydrogens (tertiary/aromatic N) is 5. The summed E-state index contributed by atoms with van der Waals surface area (Å²) < 4.78 is 46.4. The van der Waals surface area contributed by atoms with Gasteiger partial charge >= 0.3 is 0 Å². The molecule has 2 aliphatic rings. The second-order valence-electron chi connectivity index (χ2n) is 7.90. The van der Waals surface area contributed by atoms with E-state index in [2.05, 4.69) is 9.88 Å². The Morgan fingerprint density at radius 3 is 2.32 bits per heavy atom. The molecular formula is C21H28FN5O3S. The van der Waals surface area contributed by atoms with Crippen LogP contribution in [-0.2, 0) is 10.0 Å². The van der Waals surface area contributed by atoms with Gasteiger partial charge in [-0.3, -0.25) is 0 Å². The zero-order valence-corrected chi connectivity index (χ0v) is 18.7. The average Bonchev–Trinajstić information content (AvgIpc) is 2.79. The van der Waals surface area contributed by atoms with Gasteiger partial charge in [0, 0.05) is 51.0 Å². The molecule has 2 fully saturated rings. The van der Waals surface area contributed by atoms with E-state index in [4.69, 9.17) is 9.72 Å². The van der Waals surface area contributed by atoms with Crippen LogP contribution in [0.1, 0.15) is 25.0 Å². The van der Waals surface area contributed by atoms with Gasteiger partial charge in [0.1, 0.15) is 22.3 Å². The molecule has 10 heteroatoms. The lowest BCUT2D eigenvalue weighted by Crippen LogP contribution is -2.49. The van der Waals surface area contributed by atoms with Crippen molar-refractivity contribution >= 4 is 21.8 Å². The van der Waals surface area contributed by atoms with Crippen molar-refractivity contribution in [3.63, 3.8) is 0 Å². The van der Waals surface area contributed by atoms with Crippen molar-refractivity contribution in [3.05, 3.63) is 35.8 Å². The highest BCUT2D eigenvalue weighted by Crippen LogP contribution is 2.29. The summed E-state index contributed by atoms with van der Waals surface area (Å²) >= 11 is 0. The number of anilines is 2. The Labute approximate surface area is 182 Å². The highest BCUT2D eigenvalue weighted by Gasteiger charge is 2.32. The summed E-state index contributed by atoms with van der Waals surface area (Å²) in [5.74, 6) is 1.08. The number of halogens is 1. The van der Waals surface area contributed by atoms with Crippen molar-refractivity contribution in [1.29, 1.82) is 0 Å². The van der Waals surface area contributed by atoms with E-state index in [1.165, 1.54) is 42.8 Å². The molecule has 168 valence electrons. The standard InChI is InChI=1S/C21H28FN5O3S/c1-16-14-20(25-8-4-3-5-9-25)24-21(23-16)26-10-12-27(13-11-26)31(28,29)19-15-17(22)6-7-18(19)30-2/h6-7,14-15H,3-5,8-13H2,1-2H3. The Bertz CT molecular complexity index is 1040. The van der Waals surface area contributed by atoms with Crippen molar-refractivity contribution in [2.75, 3.05) is 56.2 Å². The first-order valence-electron chi connectivity index (χ1n) is 10.6. The van der Waals surface area contributed by atoms with E-state index in [0.717, 1.165) is 30.7 Å². The quantitative estimate of drug-likeness (QED) is 0.694. The fraction of sp³-hybridized carbons (Fsp3) is 0.524. The predicted molar refractivity (Wildman–Crippen MR) is 117 cm³/mol. The number of methoxy groups -OCH3 is 1. The predicted octanol–water partition coefficient (Wildman–Crippen LogP) is 2.43. The molecule has 8 nitrogen and oxygen atoms in total. The molecule has 0 radical (unpaired) electrons. The smallest absolute Gasteiger partial charge is 0.246 e. The van der Waals surface area contributed by atoms with Crippen LogP contribution in [0, 0.1) is 12.7 Å². The van der Waals surface area contributed by atoms with E-state index in [1.54, 1.807) is 0 Å². The summed E-state index contributed by atoms with van der Waals surface area (Å²) in [6, 6.07) is 5.53. The Balaban J connectivity index is 1.50. The summed E-state index contributed by atoms with van der Waals surface area (Å²) in [5.41, 5.74) is 0.894. The van der Waals surface area contributed by atoms with Crippen LogP contribution in [0.4, 0.5) is 16.2 Å². The molecule has 0 saturated carbocycles. The van der Waals surface area contributed by atoms with Crippen LogP contribution in [0.3, 0.4) is 0 Å². The van der Waals surface area contributed by atoms with Crippen LogP contribution in [0.2, 0.25) is 0 Å². The zero-order chi connectivity index (χ0) is 22.0. The van der Waals surface area contributed by atoms with E-state index in [-0.39, 0.29) is 23.7 Å². The van der Waals surface area contributed by atoms with Crippen molar-refractivity contribution in [2.24, 2.45) is 0 Å². The number of sulfonamides is 1. The minimum Gasteiger partial charge on any atom is -0.495 e. The second-order valence-corrected chi connectivity index (χ2v) is 9.81. The Morgan fingerprint density at radius 2 is 1.65 bits per heavy atom. The Morgan fingerprint density at radius 1 is 0.935 bits per heavy atom. The topological polar surface area (TPSA) is 78.9 Å². The van der Waals surface area contributed by atoms with Gasteiger partial charge in [0.25, 0.3) is 0 Å². The van der Waals surface area contributed by atoms with Gasteiger partial charge < -0.3 is 14.5 Å². The number of aromatic nitrogens is 2. The molecule has 3 heterocycles. The maximum atomic E-state index is 13.7. The summed E-state index contributed by atoms with van der Waals surface area (Å²) in [7, 11) is -2.50. The Kier molecular flexibility index (Phi) is 6.29. The molecule has 0 unspecified atom stereocenters. The number of piperazine rings is 1. The normalized spacial score (nSPS) is 18.3. The molecule has 0 bridgehead atoms. The van der Waals surface area contributed by atoms with E-state index in [9.17, 15) is 12.8 Å². The van der Waals surface area contributed by atoms with Crippen LogP contribution in [0.5, 0.6) is 5.75 Å². The number of ether oxygens (including phenoxy) is 1. The van der Waals surface area contributed by atoms with Gasteiger partial charge in [-0.2, -0.15) is 9.29 Å². The molecule has 2 aromatic rings. The number of aryl methyl sites for hydroxylation is 1. The summed E-state index contributed by atoms with van der Waals surface area (Å²) in [6.07, 6.45) is 3.58. The van der Waals surface area contributed by atoms with Gasteiger partial charge in [0.05, 0.1) is 7.11 Å². The van der Waals surface area contributed by atoms with Gasteiger partial charge in [-0.15, -0.1) is 0 Å². The SMILES string of the molecule is COc1ccc(F)cc1S(=O)(=O)N1CCN(c2nc(C)cc(N3CCCCC3)n2)CC1. The van der Waals surface area contributed by atoms with Gasteiger partial charge in [-0.25, -0.2) is 17.8 Å². The summed E-state index contributed by atoms with van der Waals surface area (Å²) in [4.78, 5) is 13.5. The van der Waals surface area contributed by atoms with E-state index in [0.29, 0.717) is 19.0 Å². The molecular weight excluding hydrogens is 421 g/mol. The van der Waals surface area contributed by atoms with E-state index < -0.39 is 15.8 Å². The zero-order valence-electron chi connectivity index (χ0n) is 17.9. The van der Waals surface area contributed by atoms with Gasteiger partial charge in [0.2, 0.25) is 16.0 Å². The largest absolute Gasteiger partial charge is 0.495 e. The summed E-state index contributed by atoms with van der Waals surface area (Å²) in [6.45, 7) is 5.39. The number of piperidine rings is 1. The molecule has 1 aromatic carbocycles. The first kappa shape index (κ1) is 21.8. The third-order valence-electron chi connectivity index (χ3n) is 5.77. The molecule has 0 spiro atoms. The highest BCUT2D eigenvalue weighted by molar-refractivity contribution is 7.89. The lowest BCUT2D eigenvalue weighted by atomic mass is 10.1. The molecule has 2 saturated heterocycles. The van der Waals surface area contributed by atoms with Crippen LogP contribution in [0.25, 0.3) is 0 Å². The molecule has 2 aliphatic heterocycles. The molecule has 0 aliphatic carbocycles.